The standard InChI is InChI=1S/C27H36N2O8/c1-16(2)23(24(31)28-22(25(32)36-7)12-17-8-10-19(30)11-9-17)29-26(33)37-27(3,4)18-13-20(34-5)15-21(14-18)35-6/h8-11,13-16,22-23,30H,12H2,1-7H3,(H,28,31)(H,29,33)/t22-,23+/m0/s1. The van der Waals surface area contributed by atoms with E-state index in [1.165, 1.54) is 33.5 Å². The summed E-state index contributed by atoms with van der Waals surface area (Å²) in [5.74, 6) is -0.372. The summed E-state index contributed by atoms with van der Waals surface area (Å²) < 4.78 is 21.1. The molecular formula is C27H36N2O8. The van der Waals surface area contributed by atoms with Gasteiger partial charge in [-0.3, -0.25) is 4.79 Å². The van der Waals surface area contributed by atoms with Crippen LogP contribution in [0.5, 0.6) is 17.2 Å². The van der Waals surface area contributed by atoms with Crippen molar-refractivity contribution in [3.05, 3.63) is 53.6 Å². The maximum atomic E-state index is 13.1. The van der Waals surface area contributed by atoms with Gasteiger partial charge in [-0.1, -0.05) is 26.0 Å². The second kappa shape index (κ2) is 12.8. The highest BCUT2D eigenvalue weighted by atomic mass is 16.6. The molecular weight excluding hydrogens is 480 g/mol. The fourth-order valence-electron chi connectivity index (χ4n) is 3.60. The lowest BCUT2D eigenvalue weighted by atomic mass is 9.97. The first kappa shape index (κ1) is 29.3. The van der Waals surface area contributed by atoms with E-state index in [2.05, 4.69) is 10.6 Å². The molecule has 0 saturated carbocycles. The van der Waals surface area contributed by atoms with Crippen molar-refractivity contribution < 1.29 is 38.4 Å². The Hall–Kier alpha value is -3.95. The predicted octanol–water partition coefficient (Wildman–Crippen LogP) is 3.30. The van der Waals surface area contributed by atoms with Gasteiger partial charge >= 0.3 is 12.1 Å². The summed E-state index contributed by atoms with van der Waals surface area (Å²) in [7, 11) is 4.27. The zero-order valence-corrected chi connectivity index (χ0v) is 22.3. The summed E-state index contributed by atoms with van der Waals surface area (Å²) in [5.41, 5.74) is 0.249. The number of benzene rings is 2. The Morgan fingerprint density at radius 1 is 0.919 bits per heavy atom. The molecule has 0 bridgehead atoms. The zero-order valence-electron chi connectivity index (χ0n) is 22.3. The van der Waals surface area contributed by atoms with Crippen molar-refractivity contribution in [2.24, 2.45) is 5.92 Å². The molecule has 2 atom stereocenters. The molecule has 0 saturated heterocycles. The van der Waals surface area contributed by atoms with Crippen LogP contribution in [0.3, 0.4) is 0 Å². The number of carbonyl (C=O) groups excluding carboxylic acids is 3. The smallest absolute Gasteiger partial charge is 0.408 e. The summed E-state index contributed by atoms with van der Waals surface area (Å²) in [6, 6.07) is 9.43. The first-order chi connectivity index (χ1) is 17.4. The van der Waals surface area contributed by atoms with Gasteiger partial charge in [0.1, 0.15) is 34.9 Å². The van der Waals surface area contributed by atoms with Gasteiger partial charge in [-0.25, -0.2) is 9.59 Å². The second-order valence-corrected chi connectivity index (χ2v) is 9.32. The number of alkyl carbamates (subject to hydrolysis) is 1. The number of hydrogen-bond acceptors (Lipinski definition) is 8. The Morgan fingerprint density at radius 3 is 1.97 bits per heavy atom. The Morgan fingerprint density at radius 2 is 1.49 bits per heavy atom. The summed E-state index contributed by atoms with van der Waals surface area (Å²) in [5, 5.41) is 14.8. The van der Waals surface area contributed by atoms with E-state index in [1.807, 2.05) is 0 Å². The van der Waals surface area contributed by atoms with Crippen LogP contribution in [0.25, 0.3) is 0 Å². The topological polar surface area (TPSA) is 132 Å². The van der Waals surface area contributed by atoms with E-state index in [-0.39, 0.29) is 18.1 Å². The third-order valence-corrected chi connectivity index (χ3v) is 5.80. The van der Waals surface area contributed by atoms with Crippen LogP contribution in [0, 0.1) is 5.92 Å². The average molecular weight is 517 g/mol. The van der Waals surface area contributed by atoms with Crippen LogP contribution in [0.2, 0.25) is 0 Å². The molecule has 0 aliphatic carbocycles. The lowest BCUT2D eigenvalue weighted by Gasteiger charge is -2.29. The monoisotopic (exact) mass is 516 g/mol. The van der Waals surface area contributed by atoms with Gasteiger partial charge in [-0.15, -0.1) is 0 Å². The highest BCUT2D eigenvalue weighted by Gasteiger charge is 2.32. The van der Waals surface area contributed by atoms with Crippen molar-refractivity contribution in [1.82, 2.24) is 10.6 Å². The van der Waals surface area contributed by atoms with Crippen LogP contribution < -0.4 is 20.1 Å². The van der Waals surface area contributed by atoms with E-state index >= 15 is 0 Å². The van der Waals surface area contributed by atoms with Gasteiger partial charge in [0, 0.05) is 18.1 Å². The van der Waals surface area contributed by atoms with Crippen LogP contribution in [-0.4, -0.2) is 56.5 Å². The maximum absolute atomic E-state index is 13.1. The van der Waals surface area contributed by atoms with Gasteiger partial charge < -0.3 is 34.7 Å². The number of ether oxygens (including phenoxy) is 4. The number of amides is 2. The number of carbonyl (C=O) groups is 3. The third-order valence-electron chi connectivity index (χ3n) is 5.80. The van der Waals surface area contributed by atoms with Gasteiger partial charge in [0.2, 0.25) is 5.91 Å². The minimum atomic E-state index is -1.09. The quantitative estimate of drug-likeness (QED) is 0.388. The van der Waals surface area contributed by atoms with Crippen LogP contribution in [-0.2, 0) is 31.1 Å². The highest BCUT2D eigenvalue weighted by molar-refractivity contribution is 5.90. The maximum Gasteiger partial charge on any atom is 0.408 e. The lowest BCUT2D eigenvalue weighted by Crippen LogP contribution is -2.55. The van der Waals surface area contributed by atoms with Crippen LogP contribution >= 0.6 is 0 Å². The van der Waals surface area contributed by atoms with Crippen molar-refractivity contribution in [2.75, 3.05) is 21.3 Å². The summed E-state index contributed by atoms with van der Waals surface area (Å²) in [6.07, 6.45) is -0.674. The van der Waals surface area contributed by atoms with E-state index in [1.54, 1.807) is 58.0 Å². The van der Waals surface area contributed by atoms with Crippen molar-refractivity contribution in [3.63, 3.8) is 0 Å². The summed E-state index contributed by atoms with van der Waals surface area (Å²) in [6.45, 7) is 6.93. The average Bonchev–Trinajstić information content (AvgIpc) is 2.86. The number of rotatable bonds is 11. The number of nitrogens with one attached hydrogen (secondary N) is 2. The van der Waals surface area contributed by atoms with Crippen molar-refractivity contribution in [1.29, 1.82) is 0 Å². The molecule has 0 radical (unpaired) electrons. The first-order valence-electron chi connectivity index (χ1n) is 11.8. The number of aromatic hydroxyl groups is 1. The fourth-order valence-corrected chi connectivity index (χ4v) is 3.60. The number of methoxy groups -OCH3 is 3. The predicted molar refractivity (Wildman–Crippen MR) is 137 cm³/mol. The number of hydrogen-bond donors (Lipinski definition) is 3. The molecule has 0 aliphatic heterocycles. The molecule has 0 unspecified atom stereocenters. The summed E-state index contributed by atoms with van der Waals surface area (Å²) in [4.78, 5) is 38.4. The van der Waals surface area contributed by atoms with E-state index in [9.17, 15) is 19.5 Å². The molecule has 0 heterocycles. The molecule has 0 aromatic heterocycles. The Balaban J connectivity index is 2.15. The Bertz CT molecular complexity index is 1060. The number of phenols is 1. The SMILES string of the molecule is COC(=O)[C@H](Cc1ccc(O)cc1)NC(=O)[C@H](NC(=O)OC(C)(C)c1cc(OC)cc(OC)c1)C(C)C. The third kappa shape index (κ3) is 8.30. The number of esters is 1. The molecule has 10 heteroatoms. The molecule has 2 rings (SSSR count). The van der Waals surface area contributed by atoms with Crippen LogP contribution in [0.1, 0.15) is 38.8 Å². The van der Waals surface area contributed by atoms with Gasteiger partial charge in [0.25, 0.3) is 0 Å². The van der Waals surface area contributed by atoms with E-state index < -0.39 is 35.7 Å². The van der Waals surface area contributed by atoms with E-state index in [0.29, 0.717) is 22.6 Å². The van der Waals surface area contributed by atoms with Crippen LogP contribution in [0.4, 0.5) is 4.79 Å². The van der Waals surface area contributed by atoms with Gasteiger partial charge in [-0.05, 0) is 49.6 Å². The molecule has 2 aromatic carbocycles. The molecule has 37 heavy (non-hydrogen) atoms. The fraction of sp³-hybridized carbons (Fsp3) is 0.444. The molecule has 2 amide bonds. The van der Waals surface area contributed by atoms with Gasteiger partial charge in [-0.2, -0.15) is 0 Å². The van der Waals surface area contributed by atoms with E-state index in [4.69, 9.17) is 18.9 Å². The van der Waals surface area contributed by atoms with E-state index in [0.717, 1.165) is 0 Å². The van der Waals surface area contributed by atoms with Crippen molar-refractivity contribution in [2.45, 2.75) is 51.8 Å². The molecule has 0 aliphatic rings. The number of phenolic OH excluding ortho intramolecular Hbond substituents is 1. The molecule has 0 fully saturated rings. The van der Waals surface area contributed by atoms with Gasteiger partial charge in [0.15, 0.2) is 0 Å². The minimum absolute atomic E-state index is 0.0836. The molecule has 0 spiro atoms. The molecule has 3 N–H and O–H groups in total. The normalized spacial score (nSPS) is 12.8. The minimum Gasteiger partial charge on any atom is -0.508 e. The molecule has 10 nitrogen and oxygen atoms in total. The Labute approximate surface area is 217 Å². The second-order valence-electron chi connectivity index (χ2n) is 9.32. The lowest BCUT2D eigenvalue weighted by molar-refractivity contribution is -0.145. The summed E-state index contributed by atoms with van der Waals surface area (Å²) >= 11 is 0. The highest BCUT2D eigenvalue weighted by Crippen LogP contribution is 2.32. The molecule has 2 aromatic rings. The van der Waals surface area contributed by atoms with Crippen LogP contribution in [0.15, 0.2) is 42.5 Å². The largest absolute Gasteiger partial charge is 0.508 e. The molecule has 202 valence electrons. The Kier molecular flexibility index (Phi) is 10.2. The van der Waals surface area contributed by atoms with Gasteiger partial charge in [0.05, 0.1) is 21.3 Å². The van der Waals surface area contributed by atoms with Crippen molar-refractivity contribution >= 4 is 18.0 Å². The zero-order chi connectivity index (χ0) is 27.8. The van der Waals surface area contributed by atoms with Crippen molar-refractivity contribution in [3.8, 4) is 17.2 Å². The first-order valence-corrected chi connectivity index (χ1v) is 11.8.